The van der Waals surface area contributed by atoms with E-state index in [-0.39, 0.29) is 0 Å². The Hall–Kier alpha value is -1.06. The van der Waals surface area contributed by atoms with Crippen molar-refractivity contribution in [3.8, 4) is 5.75 Å². The third-order valence-electron chi connectivity index (χ3n) is 3.97. The van der Waals surface area contributed by atoms with E-state index in [1.807, 2.05) is 20.0 Å². The molecular formula is C17H27NO2. The number of rotatable bonds is 7. The Morgan fingerprint density at radius 1 is 1.40 bits per heavy atom. The van der Waals surface area contributed by atoms with Gasteiger partial charge in [-0.25, -0.2) is 0 Å². The standard InChI is InChI=1S/C17H27NO2/c1-3-19-16-9-6-7-14(13-16)17(18-2)11-10-15-8-4-5-12-20-15/h6-7,9,13,15,17-18H,3-5,8,10-12H2,1-2H3. The molecule has 1 N–H and O–H groups in total. The molecule has 1 aromatic rings. The van der Waals surface area contributed by atoms with Crippen molar-refractivity contribution in [2.75, 3.05) is 20.3 Å². The van der Waals surface area contributed by atoms with Crippen LogP contribution in [0.4, 0.5) is 0 Å². The third kappa shape index (κ3) is 4.50. The first kappa shape index (κ1) is 15.3. The first-order chi connectivity index (χ1) is 9.83. The predicted molar refractivity (Wildman–Crippen MR) is 82.2 cm³/mol. The molecular weight excluding hydrogens is 250 g/mol. The lowest BCUT2D eigenvalue weighted by Crippen LogP contribution is -2.23. The number of hydrogen-bond donors (Lipinski definition) is 1. The first-order valence-electron chi connectivity index (χ1n) is 7.85. The summed E-state index contributed by atoms with van der Waals surface area (Å²) in [5.41, 5.74) is 1.30. The van der Waals surface area contributed by atoms with Crippen LogP contribution in [0.2, 0.25) is 0 Å². The van der Waals surface area contributed by atoms with Crippen molar-refractivity contribution < 1.29 is 9.47 Å². The molecule has 3 heteroatoms. The first-order valence-corrected chi connectivity index (χ1v) is 7.85. The van der Waals surface area contributed by atoms with Gasteiger partial charge >= 0.3 is 0 Å². The van der Waals surface area contributed by atoms with E-state index in [2.05, 4.69) is 23.5 Å². The van der Waals surface area contributed by atoms with Crippen LogP contribution in [0.15, 0.2) is 24.3 Å². The van der Waals surface area contributed by atoms with Crippen molar-refractivity contribution in [3.63, 3.8) is 0 Å². The Bertz CT molecular complexity index is 388. The van der Waals surface area contributed by atoms with Crippen LogP contribution in [0.1, 0.15) is 50.6 Å². The summed E-state index contributed by atoms with van der Waals surface area (Å²) in [7, 11) is 2.03. The van der Waals surface area contributed by atoms with Gasteiger partial charge in [-0.1, -0.05) is 12.1 Å². The van der Waals surface area contributed by atoms with E-state index in [1.54, 1.807) is 0 Å². The average molecular weight is 277 g/mol. The van der Waals surface area contributed by atoms with Crippen LogP contribution in [0.3, 0.4) is 0 Å². The third-order valence-corrected chi connectivity index (χ3v) is 3.97. The molecule has 0 bridgehead atoms. The summed E-state index contributed by atoms with van der Waals surface area (Å²) in [5, 5.41) is 3.42. The van der Waals surface area contributed by atoms with Gasteiger partial charge in [-0.2, -0.15) is 0 Å². The van der Waals surface area contributed by atoms with Gasteiger partial charge in [0.05, 0.1) is 12.7 Å². The lowest BCUT2D eigenvalue weighted by Gasteiger charge is -2.25. The van der Waals surface area contributed by atoms with Gasteiger partial charge in [0.15, 0.2) is 0 Å². The van der Waals surface area contributed by atoms with Crippen LogP contribution < -0.4 is 10.1 Å². The fourth-order valence-corrected chi connectivity index (χ4v) is 2.85. The molecule has 2 atom stereocenters. The highest BCUT2D eigenvalue weighted by Crippen LogP contribution is 2.25. The molecule has 1 aliphatic heterocycles. The summed E-state index contributed by atoms with van der Waals surface area (Å²) in [6.07, 6.45) is 6.45. The van der Waals surface area contributed by atoms with E-state index in [9.17, 15) is 0 Å². The van der Waals surface area contributed by atoms with E-state index in [4.69, 9.17) is 9.47 Å². The van der Waals surface area contributed by atoms with E-state index in [0.717, 1.165) is 25.2 Å². The molecule has 1 saturated heterocycles. The second-order valence-electron chi connectivity index (χ2n) is 5.41. The zero-order valence-corrected chi connectivity index (χ0v) is 12.7. The highest BCUT2D eigenvalue weighted by atomic mass is 16.5. The number of nitrogens with one attached hydrogen (secondary N) is 1. The molecule has 2 rings (SSSR count). The van der Waals surface area contributed by atoms with Crippen LogP contribution in [-0.4, -0.2) is 26.4 Å². The minimum absolute atomic E-state index is 0.376. The minimum Gasteiger partial charge on any atom is -0.494 e. The van der Waals surface area contributed by atoms with Crippen molar-refractivity contribution in [2.24, 2.45) is 0 Å². The SMILES string of the molecule is CCOc1cccc(C(CCC2CCCCO2)NC)c1. The molecule has 2 unspecified atom stereocenters. The summed E-state index contributed by atoms with van der Waals surface area (Å²) in [4.78, 5) is 0. The maximum absolute atomic E-state index is 5.82. The highest BCUT2D eigenvalue weighted by molar-refractivity contribution is 5.30. The Kier molecular flexibility index (Phi) is 6.34. The quantitative estimate of drug-likeness (QED) is 0.824. The molecule has 0 saturated carbocycles. The molecule has 1 aliphatic rings. The summed E-state index contributed by atoms with van der Waals surface area (Å²) < 4.78 is 11.4. The van der Waals surface area contributed by atoms with Crippen molar-refractivity contribution in [1.82, 2.24) is 5.32 Å². The molecule has 20 heavy (non-hydrogen) atoms. The maximum Gasteiger partial charge on any atom is 0.119 e. The smallest absolute Gasteiger partial charge is 0.119 e. The summed E-state index contributed by atoms with van der Waals surface area (Å²) in [5.74, 6) is 0.958. The molecule has 0 aliphatic carbocycles. The molecule has 3 nitrogen and oxygen atoms in total. The Balaban J connectivity index is 1.91. The molecule has 1 heterocycles. The predicted octanol–water partition coefficient (Wildman–Crippen LogP) is 3.70. The van der Waals surface area contributed by atoms with E-state index >= 15 is 0 Å². The normalized spacial score (nSPS) is 20.6. The maximum atomic E-state index is 5.82. The van der Waals surface area contributed by atoms with Gasteiger partial charge in [-0.05, 0) is 63.8 Å². The highest BCUT2D eigenvalue weighted by Gasteiger charge is 2.17. The lowest BCUT2D eigenvalue weighted by atomic mass is 9.97. The van der Waals surface area contributed by atoms with E-state index in [1.165, 1.54) is 24.8 Å². The fourth-order valence-electron chi connectivity index (χ4n) is 2.85. The number of benzene rings is 1. The monoisotopic (exact) mass is 277 g/mol. The van der Waals surface area contributed by atoms with Crippen molar-refractivity contribution in [1.29, 1.82) is 0 Å². The van der Waals surface area contributed by atoms with Gasteiger partial charge in [0.1, 0.15) is 5.75 Å². The van der Waals surface area contributed by atoms with Crippen molar-refractivity contribution in [3.05, 3.63) is 29.8 Å². The minimum atomic E-state index is 0.376. The van der Waals surface area contributed by atoms with E-state index < -0.39 is 0 Å². The number of hydrogen-bond acceptors (Lipinski definition) is 3. The summed E-state index contributed by atoms with van der Waals surface area (Å²) in [6.45, 7) is 3.67. The van der Waals surface area contributed by atoms with Crippen molar-refractivity contribution >= 4 is 0 Å². The molecule has 0 aromatic heterocycles. The van der Waals surface area contributed by atoms with Crippen LogP contribution >= 0.6 is 0 Å². The van der Waals surface area contributed by atoms with Crippen molar-refractivity contribution in [2.45, 2.75) is 51.2 Å². The molecule has 0 amide bonds. The topological polar surface area (TPSA) is 30.5 Å². The van der Waals surface area contributed by atoms with Crippen LogP contribution in [-0.2, 0) is 4.74 Å². The van der Waals surface area contributed by atoms with Crippen LogP contribution in [0.5, 0.6) is 5.75 Å². The molecule has 0 radical (unpaired) electrons. The number of ether oxygens (including phenoxy) is 2. The Morgan fingerprint density at radius 3 is 3.00 bits per heavy atom. The van der Waals surface area contributed by atoms with Gasteiger partial charge in [-0.3, -0.25) is 0 Å². The largest absolute Gasteiger partial charge is 0.494 e. The fraction of sp³-hybridized carbons (Fsp3) is 0.647. The van der Waals surface area contributed by atoms with Gasteiger partial charge in [0, 0.05) is 12.6 Å². The Labute approximate surface area is 122 Å². The second kappa shape index (κ2) is 8.28. The zero-order chi connectivity index (χ0) is 14.2. The lowest BCUT2D eigenvalue weighted by molar-refractivity contribution is 0.00866. The second-order valence-corrected chi connectivity index (χ2v) is 5.41. The summed E-state index contributed by atoms with van der Waals surface area (Å²) in [6, 6.07) is 8.78. The Morgan fingerprint density at radius 2 is 2.30 bits per heavy atom. The molecule has 0 spiro atoms. The van der Waals surface area contributed by atoms with E-state index in [0.29, 0.717) is 18.8 Å². The van der Waals surface area contributed by atoms with Gasteiger partial charge in [-0.15, -0.1) is 0 Å². The molecule has 1 aromatic carbocycles. The molecule has 112 valence electrons. The average Bonchev–Trinajstić information content (AvgIpc) is 2.50. The van der Waals surface area contributed by atoms with Crippen LogP contribution in [0.25, 0.3) is 0 Å². The summed E-state index contributed by atoms with van der Waals surface area (Å²) >= 11 is 0. The van der Waals surface area contributed by atoms with Gasteiger partial charge in [0.25, 0.3) is 0 Å². The van der Waals surface area contributed by atoms with Crippen LogP contribution in [0, 0.1) is 0 Å². The zero-order valence-electron chi connectivity index (χ0n) is 12.7. The van der Waals surface area contributed by atoms with Gasteiger partial charge < -0.3 is 14.8 Å². The molecule has 1 fully saturated rings. The van der Waals surface area contributed by atoms with Gasteiger partial charge in [0.2, 0.25) is 0 Å².